The van der Waals surface area contributed by atoms with E-state index in [0.29, 0.717) is 56.0 Å². The summed E-state index contributed by atoms with van der Waals surface area (Å²) >= 11 is 0. The lowest BCUT2D eigenvalue weighted by Crippen LogP contribution is -2.22. The third kappa shape index (κ3) is 7.07. The number of aromatic amines is 2. The number of nitrogens with zero attached hydrogens (tertiary/aromatic N) is 2. The number of allylic oxidation sites excluding steroid dienone is 4. The molecule has 2 aliphatic rings. The van der Waals surface area contributed by atoms with Crippen LogP contribution in [-0.4, -0.2) is 43.8 Å². The smallest absolute Gasteiger partial charge is 0.0694 e. The molecule has 5 heterocycles. The van der Waals surface area contributed by atoms with Crippen molar-refractivity contribution in [3.63, 3.8) is 0 Å². The van der Waals surface area contributed by atoms with Crippen LogP contribution in [0.2, 0.25) is 0 Å². The predicted octanol–water partition coefficient (Wildman–Crippen LogP) is 1.22. The van der Waals surface area contributed by atoms with E-state index in [-0.39, 0.29) is 51.4 Å². The number of carbonyl (C=O) groups is 4. The summed E-state index contributed by atoms with van der Waals surface area (Å²) in [5.74, 6) is -4.81. The van der Waals surface area contributed by atoms with Crippen LogP contribution < -0.4 is 20.4 Å². The molecule has 0 aliphatic carbocycles. The lowest BCUT2D eigenvalue weighted by atomic mass is 9.98. The van der Waals surface area contributed by atoms with Gasteiger partial charge in [0.25, 0.3) is 0 Å². The third-order valence-corrected chi connectivity index (χ3v) is 9.12. The lowest BCUT2D eigenvalue weighted by molar-refractivity contribution is -0.307. The van der Waals surface area contributed by atoms with E-state index < -0.39 is 23.9 Å². The van der Waals surface area contributed by atoms with Crippen LogP contribution in [-0.2, 0) is 32.0 Å². The number of hydrogen-bond donors (Lipinski definition) is 2. The van der Waals surface area contributed by atoms with Crippen LogP contribution in [0.3, 0.4) is 0 Å². The lowest BCUT2D eigenvalue weighted by Gasteiger charge is -2.06. The zero-order valence-corrected chi connectivity index (χ0v) is 27.1. The van der Waals surface area contributed by atoms with Crippen molar-refractivity contribution in [1.29, 1.82) is 0 Å². The number of carbonyl (C=O) groups excluding carboxylic acids is 4. The average Bonchev–Trinajstić information content (AvgIpc) is 3.66. The summed E-state index contributed by atoms with van der Waals surface area (Å²) in [6.07, 6.45) is -0.243. The Morgan fingerprint density at radius 3 is 1.31 bits per heavy atom. The first-order chi connectivity index (χ1) is 22.7. The Bertz CT molecular complexity index is 2100. The van der Waals surface area contributed by atoms with E-state index in [2.05, 4.69) is 9.97 Å². The molecule has 0 saturated heterocycles. The highest BCUT2D eigenvalue weighted by atomic mass is 16.4. The summed E-state index contributed by atoms with van der Waals surface area (Å²) < 4.78 is 0. The molecular formula is C36H34N4O8-4. The van der Waals surface area contributed by atoms with Gasteiger partial charge in [0.1, 0.15) is 0 Å². The van der Waals surface area contributed by atoms with Crippen molar-refractivity contribution >= 4 is 68.2 Å². The first kappa shape index (κ1) is 33.8. The maximum absolute atomic E-state index is 11.5. The van der Waals surface area contributed by atoms with Gasteiger partial charge in [0, 0.05) is 45.9 Å². The highest BCUT2D eigenvalue weighted by Crippen LogP contribution is 2.38. The summed E-state index contributed by atoms with van der Waals surface area (Å²) in [6, 6.07) is 7.20. The molecule has 12 nitrogen and oxygen atoms in total. The molecule has 2 N–H and O–H groups in total. The largest absolute Gasteiger partial charge is 0.550 e. The quantitative estimate of drug-likeness (QED) is 0.285. The molecule has 5 rings (SSSR count). The van der Waals surface area contributed by atoms with Gasteiger partial charge in [0.15, 0.2) is 0 Å². The molecule has 0 saturated carbocycles. The fourth-order valence-corrected chi connectivity index (χ4v) is 6.40. The number of fused-ring (bicyclic) bond motifs is 8. The number of nitrogens with one attached hydrogen (secondary N) is 2. The minimum Gasteiger partial charge on any atom is -0.550 e. The van der Waals surface area contributed by atoms with E-state index >= 15 is 0 Å². The van der Waals surface area contributed by atoms with Crippen LogP contribution in [0.15, 0.2) is 24.3 Å². The minimum atomic E-state index is -1.21. The van der Waals surface area contributed by atoms with Crippen LogP contribution in [0, 0.1) is 13.8 Å². The number of aromatic nitrogens is 4. The van der Waals surface area contributed by atoms with Gasteiger partial charge in [-0.2, -0.15) is 0 Å². The fraction of sp³-hybridized carbons (Fsp3) is 0.333. The Morgan fingerprint density at radius 2 is 0.854 bits per heavy atom. The number of carboxylic acids is 4. The van der Waals surface area contributed by atoms with Crippen LogP contribution in [0.5, 0.6) is 0 Å². The molecule has 0 radical (unpaired) electrons. The van der Waals surface area contributed by atoms with Crippen LogP contribution >= 0.6 is 0 Å². The Morgan fingerprint density at radius 1 is 0.500 bits per heavy atom. The van der Waals surface area contributed by atoms with Gasteiger partial charge < -0.3 is 49.6 Å². The predicted molar refractivity (Wildman–Crippen MR) is 171 cm³/mol. The van der Waals surface area contributed by atoms with Crippen molar-refractivity contribution in [3.05, 3.63) is 69.3 Å². The van der Waals surface area contributed by atoms with Gasteiger partial charge in [0.05, 0.1) is 22.8 Å². The highest BCUT2D eigenvalue weighted by Gasteiger charge is 2.22. The van der Waals surface area contributed by atoms with Crippen molar-refractivity contribution < 1.29 is 39.6 Å². The average molecular weight is 651 g/mol. The number of carboxylic acid groups (broad SMARTS) is 4. The molecular weight excluding hydrogens is 616 g/mol. The molecule has 0 atom stereocenters. The fourth-order valence-electron chi connectivity index (χ4n) is 6.40. The van der Waals surface area contributed by atoms with Crippen molar-refractivity contribution in [2.45, 2.75) is 79.1 Å². The van der Waals surface area contributed by atoms with Crippen molar-refractivity contribution in [2.75, 3.05) is 0 Å². The molecule has 12 heteroatoms. The van der Waals surface area contributed by atoms with Gasteiger partial charge in [-0.1, -0.05) is 0 Å². The summed E-state index contributed by atoms with van der Waals surface area (Å²) in [7, 11) is 0. The molecule has 0 fully saturated rings. The molecule has 3 aromatic rings. The molecule has 250 valence electrons. The van der Waals surface area contributed by atoms with Gasteiger partial charge in [-0.05, 0) is 148 Å². The monoisotopic (exact) mass is 650 g/mol. The Hall–Kier alpha value is -5.52. The standard InChI is InChI=1S/C36H38N4O8/c1-17-21(5-9-33(41)42)29-14-26-19(3)23(7-11-35(45)46)31(39-26)16-28-20(4)24(8-12-36(47)48)32(40-28)15-27-18(2)22(6-10-34(43)44)30(38-27)13-25(17)37-29/h13-16,37-38H,5-12H2,1-4H3,(H,41,42)(H,43,44)(H,45,46)(H,47,48)/p-4. The molecule has 0 spiro atoms. The highest BCUT2D eigenvalue weighted by molar-refractivity contribution is 5.96. The topological polar surface area (TPSA) is 218 Å². The minimum absolute atomic E-state index is 0.149. The van der Waals surface area contributed by atoms with Crippen LogP contribution in [0.25, 0.3) is 44.4 Å². The molecule has 0 aromatic carbocycles. The van der Waals surface area contributed by atoms with Gasteiger partial charge in [-0.15, -0.1) is 0 Å². The van der Waals surface area contributed by atoms with E-state index in [4.69, 9.17) is 9.97 Å². The maximum Gasteiger partial charge on any atom is 0.0694 e. The van der Waals surface area contributed by atoms with Crippen LogP contribution in [0.4, 0.5) is 0 Å². The number of H-pyrrole nitrogens is 2. The zero-order valence-electron chi connectivity index (χ0n) is 27.1. The SMILES string of the molecule is CC1=C(CCC(=O)[O-])c2cc3nc(cc4[nH]c(cc5[nH]c(cc1n2)c(CCC(=O)[O-])c5C)c(CCC(=O)[O-])c4C)C(CCC(=O)[O-])=C3C. The number of hydrogen-bond acceptors (Lipinski definition) is 10. The summed E-state index contributed by atoms with van der Waals surface area (Å²) in [5, 5.41) is 45.9. The van der Waals surface area contributed by atoms with E-state index in [1.807, 2.05) is 33.8 Å². The molecule has 0 unspecified atom stereocenters. The van der Waals surface area contributed by atoms with Gasteiger partial charge in [-0.25, -0.2) is 9.97 Å². The normalized spacial score (nSPS) is 12.9. The third-order valence-electron chi connectivity index (χ3n) is 9.12. The van der Waals surface area contributed by atoms with E-state index in [1.165, 1.54) is 0 Å². The first-order valence-electron chi connectivity index (χ1n) is 15.7. The molecule has 8 bridgehead atoms. The van der Waals surface area contributed by atoms with Crippen molar-refractivity contribution in [3.8, 4) is 0 Å². The zero-order chi connectivity index (χ0) is 34.9. The Balaban J connectivity index is 1.91. The van der Waals surface area contributed by atoms with Crippen molar-refractivity contribution in [2.24, 2.45) is 0 Å². The second kappa shape index (κ2) is 13.7. The van der Waals surface area contributed by atoms with E-state index in [9.17, 15) is 39.6 Å². The van der Waals surface area contributed by atoms with E-state index in [0.717, 1.165) is 33.4 Å². The Kier molecular flexibility index (Phi) is 9.64. The van der Waals surface area contributed by atoms with Crippen LogP contribution in [0.1, 0.15) is 97.4 Å². The van der Waals surface area contributed by atoms with E-state index in [1.54, 1.807) is 18.2 Å². The Labute approximate surface area is 275 Å². The molecule has 48 heavy (non-hydrogen) atoms. The van der Waals surface area contributed by atoms with Gasteiger partial charge in [0.2, 0.25) is 0 Å². The molecule has 3 aromatic heterocycles. The summed E-state index contributed by atoms with van der Waals surface area (Å²) in [5.41, 5.74) is 10.5. The summed E-state index contributed by atoms with van der Waals surface area (Å²) in [6.45, 7) is 7.38. The first-order valence-corrected chi connectivity index (χ1v) is 15.7. The van der Waals surface area contributed by atoms with Crippen molar-refractivity contribution in [1.82, 2.24) is 19.9 Å². The maximum atomic E-state index is 11.5. The summed E-state index contributed by atoms with van der Waals surface area (Å²) in [4.78, 5) is 62.4. The molecule has 0 amide bonds. The second-order valence-electron chi connectivity index (χ2n) is 12.1. The van der Waals surface area contributed by atoms with Gasteiger partial charge in [-0.3, -0.25) is 0 Å². The van der Waals surface area contributed by atoms with Gasteiger partial charge >= 0.3 is 0 Å². The number of aryl methyl sites for hydroxylation is 4. The number of rotatable bonds is 12. The number of aliphatic carboxylic acids is 4. The second-order valence-corrected chi connectivity index (χ2v) is 12.1. The molecule has 2 aliphatic heterocycles.